The van der Waals surface area contributed by atoms with Crippen LogP contribution in [0.3, 0.4) is 0 Å². The van der Waals surface area contributed by atoms with Gasteiger partial charge >= 0.3 is 0 Å². The largest absolute Gasteiger partial charge is 0.493 e. The summed E-state index contributed by atoms with van der Waals surface area (Å²) in [5, 5.41) is 24.2. The highest BCUT2D eigenvalue weighted by atomic mass is 16.5. The lowest BCUT2D eigenvalue weighted by atomic mass is 10.1. The first kappa shape index (κ1) is 33.0. The van der Waals surface area contributed by atoms with Crippen molar-refractivity contribution in [3.8, 4) is 34.8 Å². The lowest BCUT2D eigenvalue weighted by molar-refractivity contribution is 0.0460. The van der Waals surface area contributed by atoms with Gasteiger partial charge in [0, 0.05) is 29.9 Å². The van der Waals surface area contributed by atoms with E-state index < -0.39 is 6.10 Å². The zero-order chi connectivity index (χ0) is 31.2. The summed E-state index contributed by atoms with van der Waals surface area (Å²) in [6.07, 6.45) is 2.09. The number of ether oxygens (including phenoxy) is 4. The molecule has 0 amide bonds. The average Bonchev–Trinajstić information content (AvgIpc) is 3.04. The number of nitrogens with one attached hydrogen (secondary N) is 1. The molecule has 9 nitrogen and oxygen atoms in total. The van der Waals surface area contributed by atoms with Gasteiger partial charge in [0.15, 0.2) is 23.0 Å². The first-order valence-electron chi connectivity index (χ1n) is 14.7. The summed E-state index contributed by atoms with van der Waals surface area (Å²) in [6, 6.07) is 20.6. The number of benzene rings is 3. The molecule has 1 aliphatic heterocycles. The van der Waals surface area contributed by atoms with Crippen molar-refractivity contribution in [3.05, 3.63) is 72.4 Å². The molecule has 1 aliphatic rings. The van der Waals surface area contributed by atoms with E-state index in [9.17, 15) is 10.4 Å². The van der Waals surface area contributed by atoms with Gasteiger partial charge in [-0.1, -0.05) is 39.8 Å². The molecular weight excluding hydrogens is 544 g/mol. The van der Waals surface area contributed by atoms with E-state index in [1.165, 1.54) is 12.6 Å². The lowest BCUT2D eigenvalue weighted by Gasteiger charge is -2.32. The fourth-order valence-corrected chi connectivity index (χ4v) is 4.37. The van der Waals surface area contributed by atoms with E-state index in [4.69, 9.17) is 18.9 Å². The summed E-state index contributed by atoms with van der Waals surface area (Å²) in [5.41, 5.74) is 2.38. The minimum atomic E-state index is -0.605. The number of pyridine rings is 1. The van der Waals surface area contributed by atoms with Crippen molar-refractivity contribution < 1.29 is 24.1 Å². The van der Waals surface area contributed by atoms with Gasteiger partial charge in [0.25, 0.3) is 0 Å². The summed E-state index contributed by atoms with van der Waals surface area (Å²) < 4.78 is 22.8. The van der Waals surface area contributed by atoms with Gasteiger partial charge in [-0.05, 0) is 62.0 Å². The highest BCUT2D eigenvalue weighted by Gasteiger charge is 2.19. The van der Waals surface area contributed by atoms with E-state index >= 15 is 0 Å². The Labute approximate surface area is 254 Å². The standard InChI is InChI=1S/C30H30N4O5.2C2H6/c1-36-26-6-3-4-7-27(26)39-23-10-8-21(9-11-23)33-30-20(16-31)17-32-25-15-29(28(37-2)14-24(25)30)38-19-22(35)18-34-12-5-13-34;2*1-2/h3-4,6-11,14-15,17,22,35H,5,12-13,18-19H2,1-2H3,(H,32,33);2*1-2H3. The number of para-hydroxylation sites is 2. The molecule has 0 aliphatic carbocycles. The van der Waals surface area contributed by atoms with Crippen LogP contribution >= 0.6 is 0 Å². The second-order valence-corrected chi connectivity index (χ2v) is 9.20. The van der Waals surface area contributed by atoms with Crippen LogP contribution in [0.15, 0.2) is 66.9 Å². The molecule has 1 saturated heterocycles. The maximum absolute atomic E-state index is 10.3. The van der Waals surface area contributed by atoms with E-state index in [1.807, 2.05) is 76.2 Å². The van der Waals surface area contributed by atoms with E-state index in [2.05, 4.69) is 21.3 Å². The van der Waals surface area contributed by atoms with Crippen molar-refractivity contribution in [2.24, 2.45) is 0 Å². The molecule has 9 heteroatoms. The fraction of sp³-hybridized carbons (Fsp3) is 0.353. The van der Waals surface area contributed by atoms with Crippen molar-refractivity contribution in [1.82, 2.24) is 9.88 Å². The number of rotatable bonds is 11. The molecule has 1 aromatic heterocycles. The second-order valence-electron chi connectivity index (χ2n) is 9.20. The number of methoxy groups -OCH3 is 2. The third kappa shape index (κ3) is 8.51. The van der Waals surface area contributed by atoms with E-state index in [0.717, 1.165) is 18.8 Å². The molecule has 4 aromatic rings. The summed E-state index contributed by atoms with van der Waals surface area (Å²) in [7, 11) is 3.16. The quantitative estimate of drug-likeness (QED) is 0.189. The average molecular weight is 587 g/mol. The third-order valence-corrected chi connectivity index (χ3v) is 6.54. The van der Waals surface area contributed by atoms with Gasteiger partial charge < -0.3 is 34.3 Å². The highest BCUT2D eigenvalue weighted by molar-refractivity contribution is 5.97. The summed E-state index contributed by atoms with van der Waals surface area (Å²) in [6.45, 7) is 10.7. The normalized spacial score (nSPS) is 12.7. The molecular formula is C34H42N4O5. The van der Waals surface area contributed by atoms with Crippen LogP contribution in [0.5, 0.6) is 28.7 Å². The highest BCUT2D eigenvalue weighted by Crippen LogP contribution is 2.38. The first-order chi connectivity index (χ1) is 21.1. The Bertz CT molecular complexity index is 1480. The van der Waals surface area contributed by atoms with E-state index in [0.29, 0.717) is 57.4 Å². The minimum absolute atomic E-state index is 0.142. The Kier molecular flexibility index (Phi) is 12.9. The van der Waals surface area contributed by atoms with Gasteiger partial charge in [-0.15, -0.1) is 0 Å². The Morgan fingerprint density at radius 1 is 0.930 bits per heavy atom. The molecule has 1 unspecified atom stereocenters. The van der Waals surface area contributed by atoms with Crippen LogP contribution < -0.4 is 24.3 Å². The molecule has 43 heavy (non-hydrogen) atoms. The maximum atomic E-state index is 10.3. The van der Waals surface area contributed by atoms with Gasteiger partial charge in [-0.3, -0.25) is 4.98 Å². The van der Waals surface area contributed by atoms with Gasteiger partial charge in [0.1, 0.15) is 24.5 Å². The number of β-amino-alcohol motifs (C(OH)–C–C–N with tert-alkyl or cyclic N) is 1. The lowest BCUT2D eigenvalue weighted by Crippen LogP contribution is -2.43. The smallest absolute Gasteiger partial charge is 0.169 e. The summed E-state index contributed by atoms with van der Waals surface area (Å²) in [5.74, 6) is 2.87. The number of anilines is 2. The second kappa shape index (κ2) is 16.8. The number of hydrogen-bond donors (Lipinski definition) is 2. The Morgan fingerprint density at radius 3 is 2.21 bits per heavy atom. The number of nitrogens with zero attached hydrogens (tertiary/aromatic N) is 3. The van der Waals surface area contributed by atoms with Gasteiger partial charge in [-0.2, -0.15) is 5.26 Å². The number of aliphatic hydroxyl groups excluding tert-OH is 1. The molecule has 0 saturated carbocycles. The molecule has 5 rings (SSSR count). The van der Waals surface area contributed by atoms with Crippen molar-refractivity contribution in [3.63, 3.8) is 0 Å². The zero-order valence-electron chi connectivity index (χ0n) is 25.9. The zero-order valence-corrected chi connectivity index (χ0v) is 25.9. The summed E-state index contributed by atoms with van der Waals surface area (Å²) >= 11 is 0. The van der Waals surface area contributed by atoms with Gasteiger partial charge in [0.05, 0.1) is 31.0 Å². The summed E-state index contributed by atoms with van der Waals surface area (Å²) in [4.78, 5) is 6.65. The molecule has 2 heterocycles. The van der Waals surface area contributed by atoms with Crippen LogP contribution in [0.25, 0.3) is 10.9 Å². The van der Waals surface area contributed by atoms with E-state index in [-0.39, 0.29) is 6.61 Å². The Morgan fingerprint density at radius 2 is 1.60 bits per heavy atom. The molecule has 228 valence electrons. The number of hydrogen-bond acceptors (Lipinski definition) is 9. The van der Waals surface area contributed by atoms with Crippen LogP contribution in [0.2, 0.25) is 0 Å². The molecule has 1 fully saturated rings. The molecule has 2 N–H and O–H groups in total. The maximum Gasteiger partial charge on any atom is 0.169 e. The van der Waals surface area contributed by atoms with Gasteiger partial charge in [0.2, 0.25) is 0 Å². The number of likely N-dealkylation sites (tertiary alicyclic amines) is 1. The van der Waals surface area contributed by atoms with Crippen molar-refractivity contribution in [2.75, 3.05) is 45.8 Å². The van der Waals surface area contributed by atoms with Crippen molar-refractivity contribution >= 4 is 22.3 Å². The fourth-order valence-electron chi connectivity index (χ4n) is 4.37. The van der Waals surface area contributed by atoms with Crippen LogP contribution in [-0.2, 0) is 0 Å². The number of fused-ring (bicyclic) bond motifs is 1. The molecule has 1 atom stereocenters. The van der Waals surface area contributed by atoms with Crippen LogP contribution in [0.1, 0.15) is 39.7 Å². The SMILES string of the molecule is CC.CC.COc1cc2c(Nc3ccc(Oc4ccccc4OC)cc3)c(C#N)cnc2cc1OCC(O)CN1CCC1. The van der Waals surface area contributed by atoms with E-state index in [1.54, 1.807) is 26.4 Å². The predicted molar refractivity (Wildman–Crippen MR) is 171 cm³/mol. The number of aromatic nitrogens is 1. The molecule has 0 radical (unpaired) electrons. The molecule has 0 bridgehead atoms. The predicted octanol–water partition coefficient (Wildman–Crippen LogP) is 7.16. The monoisotopic (exact) mass is 586 g/mol. The van der Waals surface area contributed by atoms with Crippen LogP contribution in [0, 0.1) is 11.3 Å². The van der Waals surface area contributed by atoms with Gasteiger partial charge in [-0.25, -0.2) is 0 Å². The topological polar surface area (TPSA) is 109 Å². The first-order valence-corrected chi connectivity index (χ1v) is 14.7. The molecule has 0 spiro atoms. The Hall–Kier alpha value is -4.52. The third-order valence-electron chi connectivity index (χ3n) is 6.54. The number of aliphatic hydroxyl groups is 1. The number of nitriles is 1. The van der Waals surface area contributed by atoms with Crippen LogP contribution in [-0.4, -0.2) is 61.6 Å². The van der Waals surface area contributed by atoms with Crippen molar-refractivity contribution in [1.29, 1.82) is 5.26 Å². The molecule has 3 aromatic carbocycles. The van der Waals surface area contributed by atoms with Crippen molar-refractivity contribution in [2.45, 2.75) is 40.2 Å². The van der Waals surface area contributed by atoms with Crippen LogP contribution in [0.4, 0.5) is 11.4 Å². The minimum Gasteiger partial charge on any atom is -0.493 e. The Balaban J connectivity index is 0.00000121.